The molecule has 1 heterocycles. The lowest BCUT2D eigenvalue weighted by Crippen LogP contribution is -2.12. The number of amides is 2. The minimum absolute atomic E-state index is 0.164. The van der Waals surface area contributed by atoms with Crippen molar-refractivity contribution in [3.05, 3.63) is 47.9 Å². The molecule has 0 aliphatic carbocycles. The summed E-state index contributed by atoms with van der Waals surface area (Å²) in [5.74, 6) is 0.616. The third-order valence-corrected chi connectivity index (χ3v) is 2.96. The molecule has 0 aliphatic rings. The molecule has 6 nitrogen and oxygen atoms in total. The summed E-state index contributed by atoms with van der Waals surface area (Å²) in [7, 11) is 0. The second kappa shape index (κ2) is 5.93. The normalized spacial score (nSPS) is 11.0. The summed E-state index contributed by atoms with van der Waals surface area (Å²) in [6.07, 6.45) is -1.14. The van der Waals surface area contributed by atoms with Crippen LogP contribution in [0.3, 0.4) is 0 Å². The Labute approximate surface area is 128 Å². The van der Waals surface area contributed by atoms with Crippen LogP contribution < -0.4 is 10.6 Å². The first kappa shape index (κ1) is 15.6. The second-order valence-electron chi connectivity index (χ2n) is 5.88. The molecule has 1 aromatic carbocycles. The molecule has 6 heteroatoms. The number of hydrogen-bond acceptors (Lipinski definition) is 3. The summed E-state index contributed by atoms with van der Waals surface area (Å²) in [5, 5.41) is 13.5. The quantitative estimate of drug-likeness (QED) is 0.801. The van der Waals surface area contributed by atoms with Gasteiger partial charge in [0.2, 0.25) is 0 Å². The van der Waals surface area contributed by atoms with Gasteiger partial charge in [0.1, 0.15) is 5.76 Å². The molecular formula is C16H18N2O4. The minimum Gasteiger partial charge on any atom is -0.465 e. The van der Waals surface area contributed by atoms with E-state index in [-0.39, 0.29) is 17.1 Å². The summed E-state index contributed by atoms with van der Waals surface area (Å²) in [4.78, 5) is 22.6. The number of anilines is 2. The van der Waals surface area contributed by atoms with Crippen LogP contribution in [0.5, 0.6) is 0 Å². The number of carboxylic acid groups (broad SMARTS) is 1. The van der Waals surface area contributed by atoms with E-state index >= 15 is 0 Å². The van der Waals surface area contributed by atoms with Crippen molar-refractivity contribution < 1.29 is 19.1 Å². The molecule has 0 spiro atoms. The largest absolute Gasteiger partial charge is 0.465 e. The van der Waals surface area contributed by atoms with E-state index in [9.17, 15) is 9.59 Å². The van der Waals surface area contributed by atoms with Gasteiger partial charge in [0.25, 0.3) is 5.91 Å². The molecule has 3 N–H and O–H groups in total. The van der Waals surface area contributed by atoms with E-state index in [4.69, 9.17) is 9.52 Å². The molecule has 0 bridgehead atoms. The van der Waals surface area contributed by atoms with Crippen molar-refractivity contribution in [2.24, 2.45) is 0 Å². The third kappa shape index (κ3) is 3.88. The maximum Gasteiger partial charge on any atom is 0.409 e. The molecule has 0 aliphatic heterocycles. The molecule has 0 saturated carbocycles. The number of nitrogens with one attached hydrogen (secondary N) is 2. The van der Waals surface area contributed by atoms with Crippen molar-refractivity contribution >= 4 is 23.4 Å². The Kier molecular flexibility index (Phi) is 4.21. The van der Waals surface area contributed by atoms with Gasteiger partial charge in [0, 0.05) is 16.8 Å². The Balaban J connectivity index is 2.05. The Bertz CT molecular complexity index is 681. The Morgan fingerprint density at radius 3 is 1.95 bits per heavy atom. The number of rotatable bonds is 3. The van der Waals surface area contributed by atoms with Crippen molar-refractivity contribution in [1.29, 1.82) is 0 Å². The van der Waals surface area contributed by atoms with Gasteiger partial charge in [-0.25, -0.2) is 4.79 Å². The van der Waals surface area contributed by atoms with E-state index in [0.29, 0.717) is 11.4 Å². The highest BCUT2D eigenvalue weighted by molar-refractivity contribution is 6.02. The Hall–Kier alpha value is -2.76. The van der Waals surface area contributed by atoms with Gasteiger partial charge in [0.15, 0.2) is 5.76 Å². The van der Waals surface area contributed by atoms with Crippen molar-refractivity contribution in [3.8, 4) is 0 Å². The van der Waals surface area contributed by atoms with Crippen LogP contribution in [0.25, 0.3) is 0 Å². The molecule has 0 radical (unpaired) electrons. The van der Waals surface area contributed by atoms with Crippen LogP contribution in [0.1, 0.15) is 37.1 Å². The lowest BCUT2D eigenvalue weighted by Gasteiger charge is -2.14. The van der Waals surface area contributed by atoms with Gasteiger partial charge in [-0.1, -0.05) is 20.8 Å². The zero-order valence-corrected chi connectivity index (χ0v) is 12.6. The maximum absolute atomic E-state index is 12.1. The Morgan fingerprint density at radius 2 is 1.50 bits per heavy atom. The first-order chi connectivity index (χ1) is 10.3. The van der Waals surface area contributed by atoms with Crippen LogP contribution in [0.2, 0.25) is 0 Å². The van der Waals surface area contributed by atoms with Crippen LogP contribution in [0.4, 0.5) is 16.2 Å². The number of furan rings is 1. The van der Waals surface area contributed by atoms with Crippen molar-refractivity contribution in [3.63, 3.8) is 0 Å². The van der Waals surface area contributed by atoms with Crippen LogP contribution in [0, 0.1) is 0 Å². The van der Waals surface area contributed by atoms with E-state index in [1.165, 1.54) is 0 Å². The lowest BCUT2D eigenvalue weighted by atomic mass is 9.94. The predicted molar refractivity (Wildman–Crippen MR) is 83.5 cm³/mol. The zero-order valence-electron chi connectivity index (χ0n) is 12.6. The summed E-state index contributed by atoms with van der Waals surface area (Å²) in [6.45, 7) is 6.01. The fourth-order valence-electron chi connectivity index (χ4n) is 1.82. The van der Waals surface area contributed by atoms with Gasteiger partial charge in [-0.05, 0) is 36.4 Å². The van der Waals surface area contributed by atoms with Gasteiger partial charge >= 0.3 is 6.09 Å². The topological polar surface area (TPSA) is 91.6 Å². The number of carbonyl (C=O) groups excluding carboxylic acids is 1. The first-order valence-corrected chi connectivity index (χ1v) is 6.77. The van der Waals surface area contributed by atoms with E-state index in [1.807, 2.05) is 20.8 Å². The summed E-state index contributed by atoms with van der Waals surface area (Å²) >= 11 is 0. The van der Waals surface area contributed by atoms with Crippen LogP contribution >= 0.6 is 0 Å². The third-order valence-electron chi connectivity index (χ3n) is 2.96. The monoisotopic (exact) mass is 302 g/mol. The molecular weight excluding hydrogens is 284 g/mol. The van der Waals surface area contributed by atoms with Gasteiger partial charge in [-0.15, -0.1) is 0 Å². The highest BCUT2D eigenvalue weighted by Crippen LogP contribution is 2.24. The smallest absolute Gasteiger partial charge is 0.409 e. The predicted octanol–water partition coefficient (Wildman–Crippen LogP) is 3.92. The molecule has 22 heavy (non-hydrogen) atoms. The van der Waals surface area contributed by atoms with Gasteiger partial charge < -0.3 is 14.8 Å². The summed E-state index contributed by atoms with van der Waals surface area (Å²) in [5.41, 5.74) is 0.816. The molecule has 2 aromatic rings. The maximum atomic E-state index is 12.1. The number of benzene rings is 1. The highest BCUT2D eigenvalue weighted by Gasteiger charge is 2.20. The molecule has 0 saturated heterocycles. The van der Waals surface area contributed by atoms with Crippen molar-refractivity contribution in [1.82, 2.24) is 0 Å². The van der Waals surface area contributed by atoms with Crippen molar-refractivity contribution in [2.45, 2.75) is 26.2 Å². The summed E-state index contributed by atoms with van der Waals surface area (Å²) in [6, 6.07) is 9.76. The van der Waals surface area contributed by atoms with E-state index < -0.39 is 6.09 Å². The van der Waals surface area contributed by atoms with E-state index in [1.54, 1.807) is 36.4 Å². The van der Waals surface area contributed by atoms with Gasteiger partial charge in [-0.3, -0.25) is 10.1 Å². The van der Waals surface area contributed by atoms with Gasteiger partial charge in [-0.2, -0.15) is 0 Å². The van der Waals surface area contributed by atoms with Crippen LogP contribution in [-0.4, -0.2) is 17.1 Å². The van der Waals surface area contributed by atoms with Crippen LogP contribution in [-0.2, 0) is 5.41 Å². The number of hydrogen-bond donors (Lipinski definition) is 3. The zero-order chi connectivity index (χ0) is 16.3. The Morgan fingerprint density at radius 1 is 0.955 bits per heavy atom. The van der Waals surface area contributed by atoms with Crippen LogP contribution in [0.15, 0.2) is 40.8 Å². The standard InChI is InChI=1S/C16H18N2O4/c1-16(2,3)13-9-8-12(22-13)14(19)17-10-4-6-11(7-5-10)18-15(20)21/h4-9,18H,1-3H3,(H,17,19)(H,20,21). The van der Waals surface area contributed by atoms with E-state index in [0.717, 1.165) is 5.76 Å². The number of carbonyl (C=O) groups is 2. The average Bonchev–Trinajstić information content (AvgIpc) is 2.90. The second-order valence-corrected chi connectivity index (χ2v) is 5.88. The fourth-order valence-corrected chi connectivity index (χ4v) is 1.82. The minimum atomic E-state index is -1.14. The molecule has 1 aromatic heterocycles. The van der Waals surface area contributed by atoms with Gasteiger partial charge in [0.05, 0.1) is 0 Å². The highest BCUT2D eigenvalue weighted by atomic mass is 16.4. The molecule has 0 fully saturated rings. The molecule has 0 unspecified atom stereocenters. The fraction of sp³-hybridized carbons (Fsp3) is 0.250. The average molecular weight is 302 g/mol. The van der Waals surface area contributed by atoms with Crippen molar-refractivity contribution in [2.75, 3.05) is 10.6 Å². The molecule has 2 amide bonds. The van der Waals surface area contributed by atoms with E-state index in [2.05, 4.69) is 10.6 Å². The molecule has 0 atom stereocenters. The lowest BCUT2D eigenvalue weighted by molar-refractivity contribution is 0.0993. The first-order valence-electron chi connectivity index (χ1n) is 6.77. The molecule has 116 valence electrons. The molecule has 2 rings (SSSR count). The summed E-state index contributed by atoms with van der Waals surface area (Å²) < 4.78 is 5.56. The SMILES string of the molecule is CC(C)(C)c1ccc(C(=O)Nc2ccc(NC(=O)O)cc2)o1.